The number of carboxylic acids is 1. The minimum Gasteiger partial charge on any atom is -0.547 e. The molecule has 0 bridgehead atoms. The lowest BCUT2D eigenvalue weighted by molar-refractivity contribution is -0.912. The quantitative estimate of drug-likeness (QED) is 0.717. The second-order valence-electron chi connectivity index (χ2n) is 6.42. The molecule has 1 aliphatic heterocycles. The van der Waals surface area contributed by atoms with Crippen molar-refractivity contribution in [2.75, 3.05) is 20.7 Å². The van der Waals surface area contributed by atoms with Gasteiger partial charge in [0.1, 0.15) is 12.1 Å². The fraction of sp³-hybridized carbons (Fsp3) is 0.350. The molecule has 140 valence electrons. The molecule has 0 saturated carbocycles. The third-order valence-electron chi connectivity index (χ3n) is 4.77. The van der Waals surface area contributed by atoms with Crippen LogP contribution in [0, 0.1) is 0 Å². The lowest BCUT2D eigenvalue weighted by atomic mass is 9.93. The molecule has 0 spiro atoms. The number of ether oxygens (including phenoxy) is 1. The van der Waals surface area contributed by atoms with Crippen LogP contribution in [0.25, 0.3) is 0 Å². The number of hydrogen-bond acceptors (Lipinski definition) is 5. The van der Waals surface area contributed by atoms with E-state index < -0.39 is 12.1 Å². The van der Waals surface area contributed by atoms with E-state index in [9.17, 15) is 15.0 Å². The van der Waals surface area contributed by atoms with E-state index >= 15 is 0 Å². The van der Waals surface area contributed by atoms with Crippen LogP contribution in [0.5, 0.6) is 11.5 Å². The smallest absolute Gasteiger partial charge is 0.160 e. The maximum atomic E-state index is 10.1. The highest BCUT2D eigenvalue weighted by Gasteiger charge is 2.25. The Morgan fingerprint density at radius 2 is 1.96 bits per heavy atom. The zero-order valence-electron chi connectivity index (χ0n) is 15.2. The number of likely N-dealkylation sites (N-methyl/N-ethyl adjacent to an activating group) is 1. The van der Waals surface area contributed by atoms with Crippen LogP contribution in [0.3, 0.4) is 0 Å². The number of aliphatic hydroxyl groups is 1. The molecule has 0 aliphatic carbocycles. The zero-order chi connectivity index (χ0) is 19.3. The summed E-state index contributed by atoms with van der Waals surface area (Å²) < 4.78 is 5.12. The van der Waals surface area contributed by atoms with E-state index in [-0.39, 0.29) is 5.75 Å². The number of benzene rings is 2. The van der Waals surface area contributed by atoms with Crippen molar-refractivity contribution in [2.45, 2.75) is 25.5 Å². The molecule has 6 heteroatoms. The number of methoxy groups -OCH3 is 1. The number of phenolic OH excluding ortho intramolecular Hbond substituents is 1. The minimum atomic E-state index is -1.52. The molecule has 1 aliphatic rings. The van der Waals surface area contributed by atoms with Gasteiger partial charge in [-0.2, -0.15) is 0 Å². The molecule has 3 N–H and O–H groups in total. The number of rotatable bonds is 3. The molecule has 2 aromatic carbocycles. The van der Waals surface area contributed by atoms with Crippen LogP contribution < -0.4 is 14.7 Å². The first-order chi connectivity index (χ1) is 12.3. The number of carbonyl (C=O) groups is 1. The van der Waals surface area contributed by atoms with Gasteiger partial charge in [0, 0.05) is 12.0 Å². The molecule has 0 aromatic heterocycles. The number of quaternary nitrogens is 1. The lowest BCUT2D eigenvalue weighted by Crippen LogP contribution is -3.10. The van der Waals surface area contributed by atoms with Gasteiger partial charge in [-0.1, -0.05) is 30.3 Å². The van der Waals surface area contributed by atoms with Gasteiger partial charge < -0.3 is 29.8 Å². The fourth-order valence-electron chi connectivity index (χ4n) is 2.99. The van der Waals surface area contributed by atoms with Crippen molar-refractivity contribution in [1.29, 1.82) is 0 Å². The molecule has 1 heterocycles. The van der Waals surface area contributed by atoms with Gasteiger partial charge in [-0.05, 0) is 30.2 Å². The van der Waals surface area contributed by atoms with Crippen LogP contribution in [0.15, 0.2) is 42.5 Å². The van der Waals surface area contributed by atoms with Crippen molar-refractivity contribution in [3.05, 3.63) is 59.2 Å². The van der Waals surface area contributed by atoms with E-state index in [1.165, 1.54) is 28.2 Å². The molecule has 0 amide bonds. The number of carboxylic acid groups (broad SMARTS) is 1. The van der Waals surface area contributed by atoms with Crippen LogP contribution in [0.4, 0.5) is 0 Å². The topological polar surface area (TPSA) is 94.3 Å². The number of aliphatic hydroxyl groups excluding tert-OH is 1. The summed E-state index contributed by atoms with van der Waals surface area (Å²) in [7, 11) is 3.78. The summed E-state index contributed by atoms with van der Waals surface area (Å²) in [4.78, 5) is 11.6. The monoisotopic (exact) mass is 359 g/mol. The van der Waals surface area contributed by atoms with Crippen molar-refractivity contribution in [3.63, 3.8) is 0 Å². The van der Waals surface area contributed by atoms with Crippen LogP contribution in [-0.2, 0) is 11.2 Å². The largest absolute Gasteiger partial charge is 0.547 e. The van der Waals surface area contributed by atoms with E-state index in [0.717, 1.165) is 13.0 Å². The molecule has 3 rings (SSSR count). The standard InChI is InChI=1S/C12H17NO2.C8H8O3/c1-8-10-7-11(14)12(15-3)6-9(10)4-5-13(8)2;9-7(8(10)11)6-4-2-1-3-5-6/h6-8,14H,4-5H2,1-3H3;1-5,7,9H,(H,10,11). The normalized spacial score (nSPS) is 19.5. The zero-order valence-corrected chi connectivity index (χ0v) is 15.2. The predicted octanol–water partition coefficient (Wildman–Crippen LogP) is 0.00250. The Balaban J connectivity index is 0.000000197. The fourth-order valence-corrected chi connectivity index (χ4v) is 2.99. The molecule has 0 radical (unpaired) electrons. The van der Waals surface area contributed by atoms with Crippen molar-refractivity contribution in [1.82, 2.24) is 0 Å². The molecule has 2 aromatic rings. The van der Waals surface area contributed by atoms with Gasteiger partial charge in [-0.25, -0.2) is 0 Å². The maximum absolute atomic E-state index is 10.1. The van der Waals surface area contributed by atoms with E-state index in [1.54, 1.807) is 25.3 Å². The average molecular weight is 359 g/mol. The van der Waals surface area contributed by atoms with Gasteiger partial charge in [0.15, 0.2) is 11.5 Å². The Hall–Kier alpha value is -2.57. The Morgan fingerprint density at radius 1 is 1.31 bits per heavy atom. The average Bonchev–Trinajstić information content (AvgIpc) is 2.65. The highest BCUT2D eigenvalue weighted by atomic mass is 16.5. The number of hydrogen-bond donors (Lipinski definition) is 3. The van der Waals surface area contributed by atoms with Gasteiger partial charge in [0.2, 0.25) is 0 Å². The number of carbonyl (C=O) groups excluding carboxylic acids is 1. The number of aromatic hydroxyl groups is 1. The Labute approximate surface area is 153 Å². The molecule has 26 heavy (non-hydrogen) atoms. The molecule has 0 fully saturated rings. The first-order valence-electron chi connectivity index (χ1n) is 8.51. The van der Waals surface area contributed by atoms with Crippen LogP contribution in [0.2, 0.25) is 0 Å². The van der Waals surface area contributed by atoms with Crippen LogP contribution in [-0.4, -0.2) is 36.9 Å². The highest BCUT2D eigenvalue weighted by molar-refractivity contribution is 5.71. The third-order valence-corrected chi connectivity index (χ3v) is 4.77. The second kappa shape index (κ2) is 8.69. The first-order valence-corrected chi connectivity index (χ1v) is 8.51. The van der Waals surface area contributed by atoms with Crippen molar-refractivity contribution in [3.8, 4) is 11.5 Å². The van der Waals surface area contributed by atoms with Gasteiger partial charge in [-0.3, -0.25) is 0 Å². The molecule has 6 nitrogen and oxygen atoms in total. The summed E-state index contributed by atoms with van der Waals surface area (Å²) in [5, 5.41) is 28.8. The summed E-state index contributed by atoms with van der Waals surface area (Å²) in [5.41, 5.74) is 2.90. The predicted molar refractivity (Wildman–Crippen MR) is 94.9 cm³/mol. The summed E-state index contributed by atoms with van der Waals surface area (Å²) >= 11 is 0. The number of aliphatic carboxylic acids is 1. The summed E-state index contributed by atoms with van der Waals surface area (Å²) in [5.74, 6) is -0.644. The van der Waals surface area contributed by atoms with Crippen LogP contribution in [0.1, 0.15) is 35.8 Å². The third kappa shape index (κ3) is 4.53. The summed E-state index contributed by atoms with van der Waals surface area (Å²) in [6.45, 7) is 3.33. The van der Waals surface area contributed by atoms with Crippen molar-refractivity contribution >= 4 is 5.97 Å². The summed E-state index contributed by atoms with van der Waals surface area (Å²) in [6, 6.07) is 12.4. The molecular formula is C20H25NO5. The van der Waals surface area contributed by atoms with E-state index in [2.05, 4.69) is 14.0 Å². The number of phenols is 1. The summed E-state index contributed by atoms with van der Waals surface area (Å²) in [6.07, 6.45) is -0.460. The van der Waals surface area contributed by atoms with E-state index in [4.69, 9.17) is 9.84 Å². The second-order valence-corrected chi connectivity index (χ2v) is 6.42. The Bertz CT molecular complexity index is 747. The Kier molecular flexibility index (Phi) is 6.60. The van der Waals surface area contributed by atoms with Crippen molar-refractivity contribution in [2.24, 2.45) is 0 Å². The first kappa shape index (κ1) is 19.8. The lowest BCUT2D eigenvalue weighted by Gasteiger charge is -2.29. The van der Waals surface area contributed by atoms with E-state index in [1.807, 2.05) is 12.1 Å². The molecular weight excluding hydrogens is 334 g/mol. The molecule has 3 atom stereocenters. The highest BCUT2D eigenvalue weighted by Crippen LogP contribution is 2.32. The van der Waals surface area contributed by atoms with Gasteiger partial charge in [0.25, 0.3) is 0 Å². The van der Waals surface area contributed by atoms with Gasteiger partial charge in [-0.15, -0.1) is 0 Å². The van der Waals surface area contributed by atoms with E-state index in [0.29, 0.717) is 17.4 Å². The number of nitrogens with one attached hydrogen (secondary N) is 1. The van der Waals surface area contributed by atoms with Gasteiger partial charge >= 0.3 is 0 Å². The van der Waals surface area contributed by atoms with Gasteiger partial charge in [0.05, 0.1) is 26.7 Å². The van der Waals surface area contributed by atoms with Crippen LogP contribution >= 0.6 is 0 Å². The minimum absolute atomic E-state index is 0.248. The maximum Gasteiger partial charge on any atom is 0.160 e. The van der Waals surface area contributed by atoms with Crippen molar-refractivity contribution < 1.29 is 29.8 Å². The molecule has 3 unspecified atom stereocenters. The SMILES string of the molecule is COc1cc2c(cc1O)C(C)[NH+](C)CC2.O=C([O-])C(O)c1ccccc1. The number of fused-ring (bicyclic) bond motifs is 1. The Morgan fingerprint density at radius 3 is 2.54 bits per heavy atom. The molecule has 0 saturated heterocycles.